The van der Waals surface area contributed by atoms with Gasteiger partial charge in [-0.05, 0) is 55.7 Å². The number of nitrogens with zero attached hydrogens (tertiary/aromatic N) is 3. The van der Waals surface area contributed by atoms with Gasteiger partial charge < -0.3 is 10.1 Å². The van der Waals surface area contributed by atoms with Crippen LogP contribution in [0.2, 0.25) is 5.02 Å². The third kappa shape index (κ3) is 5.55. The standard InChI is InChI=1S/C27H25ClN4O4/c1-17-6-4-5-7-22(17)15-31-19(3)26(18(2)30-31)29-27(33)21-10-8-20(9-11-21)16-36-25-13-12-23(32(34)35)14-24(25)28/h4-14H,15-16H2,1-3H3,(H,29,33). The second-order valence-electron chi connectivity index (χ2n) is 8.44. The molecule has 0 saturated heterocycles. The number of ether oxygens (including phenoxy) is 1. The molecule has 4 rings (SSSR count). The Morgan fingerprint density at radius 1 is 1.08 bits per heavy atom. The van der Waals surface area contributed by atoms with E-state index in [2.05, 4.69) is 29.5 Å². The topological polar surface area (TPSA) is 99.3 Å². The first-order valence-corrected chi connectivity index (χ1v) is 11.7. The van der Waals surface area contributed by atoms with E-state index in [4.69, 9.17) is 16.3 Å². The molecule has 0 aliphatic heterocycles. The lowest BCUT2D eigenvalue weighted by Gasteiger charge is -2.10. The van der Waals surface area contributed by atoms with Gasteiger partial charge in [0, 0.05) is 17.7 Å². The molecule has 0 radical (unpaired) electrons. The molecule has 0 unspecified atom stereocenters. The maximum absolute atomic E-state index is 12.9. The van der Waals surface area contributed by atoms with E-state index < -0.39 is 4.92 Å². The molecule has 0 spiro atoms. The van der Waals surface area contributed by atoms with Gasteiger partial charge in [-0.15, -0.1) is 0 Å². The minimum atomic E-state index is -0.516. The molecule has 9 heteroatoms. The van der Waals surface area contributed by atoms with Crippen LogP contribution >= 0.6 is 11.6 Å². The Bertz CT molecular complexity index is 1430. The first-order chi connectivity index (χ1) is 17.2. The molecule has 0 saturated carbocycles. The highest BCUT2D eigenvalue weighted by atomic mass is 35.5. The van der Waals surface area contributed by atoms with E-state index >= 15 is 0 Å². The predicted molar refractivity (Wildman–Crippen MR) is 139 cm³/mol. The second kappa shape index (κ2) is 10.6. The van der Waals surface area contributed by atoms with Crippen LogP contribution in [0.4, 0.5) is 11.4 Å². The number of carbonyl (C=O) groups is 1. The van der Waals surface area contributed by atoms with Crippen LogP contribution in [0.3, 0.4) is 0 Å². The highest BCUT2D eigenvalue weighted by Crippen LogP contribution is 2.29. The smallest absolute Gasteiger partial charge is 0.271 e. The Morgan fingerprint density at radius 2 is 1.81 bits per heavy atom. The number of anilines is 1. The lowest BCUT2D eigenvalue weighted by atomic mass is 10.1. The summed E-state index contributed by atoms with van der Waals surface area (Å²) in [4.78, 5) is 23.2. The number of hydrogen-bond acceptors (Lipinski definition) is 5. The van der Waals surface area contributed by atoms with Crippen LogP contribution in [-0.4, -0.2) is 20.6 Å². The fourth-order valence-electron chi connectivity index (χ4n) is 3.80. The van der Waals surface area contributed by atoms with Crippen LogP contribution in [-0.2, 0) is 13.2 Å². The summed E-state index contributed by atoms with van der Waals surface area (Å²) >= 11 is 6.07. The van der Waals surface area contributed by atoms with Crippen LogP contribution in [0.15, 0.2) is 66.7 Å². The summed E-state index contributed by atoms with van der Waals surface area (Å²) < 4.78 is 7.58. The minimum absolute atomic E-state index is 0.103. The highest BCUT2D eigenvalue weighted by molar-refractivity contribution is 6.32. The van der Waals surface area contributed by atoms with Gasteiger partial charge in [0.05, 0.1) is 33.6 Å². The van der Waals surface area contributed by atoms with Gasteiger partial charge in [-0.1, -0.05) is 48.0 Å². The first kappa shape index (κ1) is 24.9. The van der Waals surface area contributed by atoms with E-state index in [1.165, 1.54) is 29.3 Å². The van der Waals surface area contributed by atoms with Gasteiger partial charge in [0.25, 0.3) is 11.6 Å². The third-order valence-corrected chi connectivity index (χ3v) is 6.23. The summed E-state index contributed by atoms with van der Waals surface area (Å²) in [6.07, 6.45) is 0. The van der Waals surface area contributed by atoms with Gasteiger partial charge >= 0.3 is 0 Å². The van der Waals surface area contributed by atoms with Gasteiger partial charge in [-0.3, -0.25) is 19.6 Å². The number of amides is 1. The SMILES string of the molecule is Cc1ccccc1Cn1nc(C)c(NC(=O)c2ccc(COc3ccc([N+](=O)[O-])cc3Cl)cc2)c1C. The molecule has 0 bridgehead atoms. The quantitative estimate of drug-likeness (QED) is 0.226. The number of halogens is 1. The van der Waals surface area contributed by atoms with E-state index in [0.29, 0.717) is 23.5 Å². The normalized spacial score (nSPS) is 10.8. The average molecular weight is 505 g/mol. The molecular formula is C27H25ClN4O4. The number of carbonyl (C=O) groups excluding carboxylic acids is 1. The molecule has 1 N–H and O–H groups in total. The van der Waals surface area contributed by atoms with Crippen LogP contribution in [0.1, 0.15) is 38.4 Å². The molecule has 0 fully saturated rings. The van der Waals surface area contributed by atoms with Crippen molar-refractivity contribution in [1.29, 1.82) is 0 Å². The zero-order chi connectivity index (χ0) is 25.8. The molecule has 184 valence electrons. The average Bonchev–Trinajstić information content (AvgIpc) is 3.12. The number of nitrogens with one attached hydrogen (secondary N) is 1. The van der Waals surface area contributed by atoms with E-state index in [1.54, 1.807) is 24.3 Å². The summed E-state index contributed by atoms with van der Waals surface area (Å²) in [7, 11) is 0. The van der Waals surface area contributed by atoms with Crippen molar-refractivity contribution in [3.8, 4) is 5.75 Å². The molecule has 1 heterocycles. The van der Waals surface area contributed by atoms with Gasteiger partial charge in [-0.2, -0.15) is 5.10 Å². The highest BCUT2D eigenvalue weighted by Gasteiger charge is 2.16. The number of benzene rings is 3. The molecule has 1 amide bonds. The van der Waals surface area contributed by atoms with Gasteiger partial charge in [-0.25, -0.2) is 0 Å². The van der Waals surface area contributed by atoms with E-state index in [0.717, 1.165) is 17.0 Å². The lowest BCUT2D eigenvalue weighted by Crippen LogP contribution is -2.13. The molecule has 0 atom stereocenters. The van der Waals surface area contributed by atoms with Crippen LogP contribution in [0.25, 0.3) is 0 Å². The summed E-state index contributed by atoms with van der Waals surface area (Å²) in [6, 6.07) is 19.2. The molecule has 8 nitrogen and oxygen atoms in total. The molecule has 36 heavy (non-hydrogen) atoms. The Morgan fingerprint density at radius 3 is 2.47 bits per heavy atom. The van der Waals surface area contributed by atoms with Crippen molar-refractivity contribution < 1.29 is 14.5 Å². The number of rotatable bonds is 8. The maximum Gasteiger partial charge on any atom is 0.271 e. The summed E-state index contributed by atoms with van der Waals surface area (Å²) in [5.41, 5.74) is 5.91. The molecule has 0 aliphatic carbocycles. The van der Waals surface area contributed by atoms with Gasteiger partial charge in [0.1, 0.15) is 12.4 Å². The number of hydrogen-bond donors (Lipinski definition) is 1. The Labute approximate surface area is 213 Å². The van der Waals surface area contributed by atoms with Crippen molar-refractivity contribution in [1.82, 2.24) is 9.78 Å². The molecule has 4 aromatic rings. The predicted octanol–water partition coefficient (Wildman–Crippen LogP) is 6.25. The molecular weight excluding hydrogens is 480 g/mol. The monoisotopic (exact) mass is 504 g/mol. The second-order valence-corrected chi connectivity index (χ2v) is 8.85. The van der Waals surface area contributed by atoms with Crippen molar-refractivity contribution in [2.24, 2.45) is 0 Å². The maximum atomic E-state index is 12.9. The van der Waals surface area contributed by atoms with Crippen molar-refractivity contribution in [2.45, 2.75) is 33.9 Å². The lowest BCUT2D eigenvalue weighted by molar-refractivity contribution is -0.384. The summed E-state index contributed by atoms with van der Waals surface area (Å²) in [6.45, 7) is 6.71. The largest absolute Gasteiger partial charge is 0.487 e. The summed E-state index contributed by atoms with van der Waals surface area (Å²) in [5.74, 6) is 0.111. The molecule has 1 aromatic heterocycles. The van der Waals surface area contributed by atoms with Crippen LogP contribution in [0.5, 0.6) is 5.75 Å². The zero-order valence-corrected chi connectivity index (χ0v) is 20.9. The number of nitro benzene ring substituents is 1. The van der Waals surface area contributed by atoms with E-state index in [9.17, 15) is 14.9 Å². The number of aromatic nitrogens is 2. The third-order valence-electron chi connectivity index (χ3n) is 5.94. The van der Waals surface area contributed by atoms with Crippen LogP contribution in [0, 0.1) is 30.9 Å². The Balaban J connectivity index is 1.40. The number of nitro groups is 1. The van der Waals surface area contributed by atoms with Crippen molar-refractivity contribution >= 4 is 28.9 Å². The minimum Gasteiger partial charge on any atom is -0.487 e. The van der Waals surface area contributed by atoms with Crippen LogP contribution < -0.4 is 10.1 Å². The number of aryl methyl sites for hydroxylation is 2. The zero-order valence-electron chi connectivity index (χ0n) is 20.1. The van der Waals surface area contributed by atoms with Gasteiger partial charge in [0.15, 0.2) is 0 Å². The summed E-state index contributed by atoms with van der Waals surface area (Å²) in [5, 5.41) is 18.6. The number of non-ortho nitro benzene ring substituents is 1. The molecule has 0 aliphatic rings. The Hall–Kier alpha value is -4.17. The molecule has 3 aromatic carbocycles. The van der Waals surface area contributed by atoms with E-state index in [1.807, 2.05) is 30.7 Å². The first-order valence-electron chi connectivity index (χ1n) is 11.3. The van der Waals surface area contributed by atoms with Crippen molar-refractivity contribution in [3.63, 3.8) is 0 Å². The van der Waals surface area contributed by atoms with Crippen molar-refractivity contribution in [2.75, 3.05) is 5.32 Å². The fraction of sp³-hybridized carbons (Fsp3) is 0.185. The van der Waals surface area contributed by atoms with Gasteiger partial charge in [0.2, 0.25) is 0 Å². The fourth-order valence-corrected chi connectivity index (χ4v) is 4.03. The van der Waals surface area contributed by atoms with E-state index in [-0.39, 0.29) is 23.2 Å². The Kier molecular flexibility index (Phi) is 7.36. The van der Waals surface area contributed by atoms with Crippen molar-refractivity contribution in [3.05, 3.63) is 116 Å².